The van der Waals surface area contributed by atoms with Gasteiger partial charge in [0.15, 0.2) is 0 Å². The van der Waals surface area contributed by atoms with Gasteiger partial charge < -0.3 is 4.74 Å². The Bertz CT molecular complexity index is 884. The molecule has 0 aliphatic carbocycles. The van der Waals surface area contributed by atoms with E-state index in [0.717, 1.165) is 5.01 Å². The molecule has 2 aromatic rings. The number of carbonyl (C=O) groups is 1. The number of aromatic nitrogens is 2. The number of hydrogen-bond acceptors (Lipinski definition) is 7. The Kier molecular flexibility index (Phi) is 6.42. The van der Waals surface area contributed by atoms with Crippen LogP contribution in [0.4, 0.5) is 10.8 Å². The van der Waals surface area contributed by atoms with Crippen molar-refractivity contribution in [3.8, 4) is 5.75 Å². The number of sulfonamides is 1. The van der Waals surface area contributed by atoms with Crippen LogP contribution < -0.4 is 14.8 Å². The monoisotopic (exact) mass is 412 g/mol. The molecule has 0 unspecified atom stereocenters. The third-order valence-corrected chi connectivity index (χ3v) is 5.59. The summed E-state index contributed by atoms with van der Waals surface area (Å²) in [5, 5.41) is 11.4. The number of amides is 1. The lowest BCUT2D eigenvalue weighted by atomic mass is 9.98. The van der Waals surface area contributed by atoms with Gasteiger partial charge in [0.1, 0.15) is 16.5 Å². The van der Waals surface area contributed by atoms with E-state index in [1.165, 1.54) is 11.3 Å². The molecule has 10 heteroatoms. The minimum atomic E-state index is -3.86. The Morgan fingerprint density at radius 2 is 1.81 bits per heavy atom. The fourth-order valence-electron chi connectivity index (χ4n) is 1.99. The first-order valence-electron chi connectivity index (χ1n) is 8.36. The van der Waals surface area contributed by atoms with E-state index in [9.17, 15) is 13.2 Å². The summed E-state index contributed by atoms with van der Waals surface area (Å²) in [6.45, 7) is 9.73. The van der Waals surface area contributed by atoms with Crippen LogP contribution in [0.3, 0.4) is 0 Å². The highest BCUT2D eigenvalue weighted by molar-refractivity contribution is 7.93. The smallest absolute Gasteiger partial charge is 0.243 e. The Morgan fingerprint density at radius 3 is 2.33 bits per heavy atom. The van der Waals surface area contributed by atoms with E-state index in [1.807, 2.05) is 34.6 Å². The van der Waals surface area contributed by atoms with Crippen LogP contribution in [0.2, 0.25) is 0 Å². The first kappa shape index (κ1) is 21.1. The van der Waals surface area contributed by atoms with Gasteiger partial charge in [0.05, 0.1) is 6.10 Å². The van der Waals surface area contributed by atoms with E-state index >= 15 is 0 Å². The molecule has 2 N–H and O–H groups in total. The summed E-state index contributed by atoms with van der Waals surface area (Å²) in [5.41, 5.74) is 0.157. The van der Waals surface area contributed by atoms with Crippen LogP contribution >= 0.6 is 11.3 Å². The number of nitrogens with zero attached hydrogens (tertiary/aromatic N) is 2. The zero-order valence-corrected chi connectivity index (χ0v) is 17.6. The molecule has 2 rings (SSSR count). The molecule has 0 bridgehead atoms. The molecule has 27 heavy (non-hydrogen) atoms. The maximum absolute atomic E-state index is 12.2. The maximum Gasteiger partial charge on any atom is 0.243 e. The van der Waals surface area contributed by atoms with Crippen LogP contribution in [0.25, 0.3) is 0 Å². The largest absolute Gasteiger partial charge is 0.491 e. The van der Waals surface area contributed by atoms with Crippen molar-refractivity contribution in [3.63, 3.8) is 0 Å². The van der Waals surface area contributed by atoms with Gasteiger partial charge in [0.25, 0.3) is 0 Å². The molecule has 1 heterocycles. The summed E-state index contributed by atoms with van der Waals surface area (Å²) in [6.07, 6.45) is 0.0235. The molecule has 8 nitrogen and oxygen atoms in total. The standard InChI is InChI=1S/C17H24N4O4S2/c1-11(2)25-13-8-6-12(7-9-13)21-27(23,24)10-14(22)18-16-20-19-15(26-16)17(3,4)5/h6-9,11,21H,10H2,1-5H3,(H,18,20,22). The van der Waals surface area contributed by atoms with E-state index < -0.39 is 21.7 Å². The molecular formula is C17H24N4O4S2. The van der Waals surface area contributed by atoms with E-state index in [4.69, 9.17) is 4.74 Å². The molecule has 0 spiro atoms. The van der Waals surface area contributed by atoms with Gasteiger partial charge in [0, 0.05) is 11.1 Å². The number of benzene rings is 1. The second kappa shape index (κ2) is 8.22. The number of rotatable bonds is 7. The topological polar surface area (TPSA) is 110 Å². The highest BCUT2D eigenvalue weighted by atomic mass is 32.2. The van der Waals surface area contributed by atoms with Crippen molar-refractivity contribution < 1.29 is 17.9 Å². The lowest BCUT2D eigenvalue weighted by Crippen LogP contribution is -2.27. The van der Waals surface area contributed by atoms with Crippen molar-refractivity contribution in [1.29, 1.82) is 0 Å². The van der Waals surface area contributed by atoms with E-state index in [2.05, 4.69) is 20.2 Å². The average molecular weight is 413 g/mol. The molecular weight excluding hydrogens is 388 g/mol. The number of nitrogens with one attached hydrogen (secondary N) is 2. The second-order valence-electron chi connectivity index (χ2n) is 7.26. The molecule has 0 fully saturated rings. The molecule has 1 amide bonds. The molecule has 0 aliphatic heterocycles. The lowest BCUT2D eigenvalue weighted by Gasteiger charge is -2.12. The zero-order chi connectivity index (χ0) is 20.2. The van der Waals surface area contributed by atoms with Crippen molar-refractivity contribution in [2.45, 2.75) is 46.1 Å². The van der Waals surface area contributed by atoms with Gasteiger partial charge in [-0.2, -0.15) is 0 Å². The first-order chi connectivity index (χ1) is 12.4. The number of hydrogen-bond donors (Lipinski definition) is 2. The Labute approximate surface area is 163 Å². The van der Waals surface area contributed by atoms with Gasteiger partial charge in [-0.05, 0) is 38.1 Å². The third kappa shape index (κ3) is 6.79. The molecule has 0 aliphatic rings. The van der Waals surface area contributed by atoms with Gasteiger partial charge in [-0.1, -0.05) is 32.1 Å². The SMILES string of the molecule is CC(C)Oc1ccc(NS(=O)(=O)CC(=O)Nc2nnc(C(C)(C)C)s2)cc1. The van der Waals surface area contributed by atoms with Crippen LogP contribution in [0, 0.1) is 0 Å². The fraction of sp³-hybridized carbons (Fsp3) is 0.471. The van der Waals surface area contributed by atoms with Crippen molar-refractivity contribution in [2.24, 2.45) is 0 Å². The lowest BCUT2D eigenvalue weighted by molar-refractivity contribution is -0.113. The van der Waals surface area contributed by atoms with Crippen LogP contribution in [0.5, 0.6) is 5.75 Å². The maximum atomic E-state index is 12.2. The number of anilines is 2. The van der Waals surface area contributed by atoms with Crippen molar-refractivity contribution in [2.75, 3.05) is 15.8 Å². The molecule has 0 atom stereocenters. The predicted molar refractivity (Wildman–Crippen MR) is 107 cm³/mol. The summed E-state index contributed by atoms with van der Waals surface area (Å²) < 4.78 is 32.3. The number of carbonyl (C=O) groups excluding carboxylic acids is 1. The highest BCUT2D eigenvalue weighted by Gasteiger charge is 2.22. The summed E-state index contributed by atoms with van der Waals surface area (Å²) >= 11 is 1.22. The first-order valence-corrected chi connectivity index (χ1v) is 10.8. The third-order valence-electron chi connectivity index (χ3n) is 3.13. The minimum Gasteiger partial charge on any atom is -0.491 e. The van der Waals surface area contributed by atoms with Gasteiger partial charge in [0.2, 0.25) is 21.1 Å². The average Bonchev–Trinajstić information content (AvgIpc) is 2.96. The van der Waals surface area contributed by atoms with E-state index in [1.54, 1.807) is 24.3 Å². The van der Waals surface area contributed by atoms with Gasteiger partial charge in [-0.25, -0.2) is 8.42 Å². The van der Waals surface area contributed by atoms with Gasteiger partial charge in [-0.3, -0.25) is 14.8 Å². The fourth-order valence-corrected chi connectivity index (χ4v) is 3.80. The summed E-state index contributed by atoms with van der Waals surface area (Å²) in [4.78, 5) is 12.0. The van der Waals surface area contributed by atoms with Gasteiger partial charge in [-0.15, -0.1) is 10.2 Å². The number of ether oxygens (including phenoxy) is 1. The molecule has 0 saturated heterocycles. The van der Waals surface area contributed by atoms with E-state index in [0.29, 0.717) is 11.4 Å². The van der Waals surface area contributed by atoms with Crippen molar-refractivity contribution in [3.05, 3.63) is 29.3 Å². The molecule has 148 valence electrons. The molecule has 1 aromatic heterocycles. The van der Waals surface area contributed by atoms with Crippen LogP contribution in [-0.4, -0.2) is 36.4 Å². The molecule has 0 saturated carbocycles. The Morgan fingerprint density at radius 1 is 1.19 bits per heavy atom. The van der Waals surface area contributed by atoms with Crippen LogP contribution in [-0.2, 0) is 20.2 Å². The Hall–Kier alpha value is -2.20. The second-order valence-corrected chi connectivity index (χ2v) is 9.96. The van der Waals surface area contributed by atoms with Crippen molar-refractivity contribution in [1.82, 2.24) is 10.2 Å². The van der Waals surface area contributed by atoms with Crippen LogP contribution in [0.1, 0.15) is 39.6 Å². The summed E-state index contributed by atoms with van der Waals surface area (Å²) in [7, 11) is -3.86. The molecule has 0 radical (unpaired) electrons. The summed E-state index contributed by atoms with van der Waals surface area (Å²) in [5.74, 6) is -0.766. The minimum absolute atomic E-state index is 0.0235. The van der Waals surface area contributed by atoms with Crippen LogP contribution in [0.15, 0.2) is 24.3 Å². The highest BCUT2D eigenvalue weighted by Crippen LogP contribution is 2.27. The normalized spacial score (nSPS) is 12.1. The Balaban J connectivity index is 1.95. The molecule has 1 aromatic carbocycles. The van der Waals surface area contributed by atoms with Gasteiger partial charge >= 0.3 is 0 Å². The quantitative estimate of drug-likeness (QED) is 0.723. The van der Waals surface area contributed by atoms with Crippen molar-refractivity contribution >= 4 is 38.1 Å². The zero-order valence-electron chi connectivity index (χ0n) is 15.9. The predicted octanol–water partition coefficient (Wildman–Crippen LogP) is 3.00. The van der Waals surface area contributed by atoms with E-state index in [-0.39, 0.29) is 16.7 Å². The summed E-state index contributed by atoms with van der Waals surface area (Å²) in [6, 6.07) is 6.47.